The molecule has 7 nitrogen and oxygen atoms in total. The fourth-order valence-corrected chi connectivity index (χ4v) is 1.17. The van der Waals surface area contributed by atoms with Crippen molar-refractivity contribution in [2.45, 2.75) is 19.6 Å². The number of halogens is 1. The van der Waals surface area contributed by atoms with Crippen molar-refractivity contribution in [3.05, 3.63) is 0 Å². The SMILES string of the molecule is CC(=O)NC(=O)N(I)C(O)CNCCCO. The van der Waals surface area contributed by atoms with Crippen LogP contribution >= 0.6 is 22.9 Å². The van der Waals surface area contributed by atoms with Crippen molar-refractivity contribution in [3.8, 4) is 0 Å². The molecule has 0 aliphatic carbocycles. The van der Waals surface area contributed by atoms with Gasteiger partial charge < -0.3 is 15.5 Å². The summed E-state index contributed by atoms with van der Waals surface area (Å²) in [6.07, 6.45) is -0.452. The lowest BCUT2D eigenvalue weighted by atomic mass is 10.4. The predicted octanol–water partition coefficient (Wildman–Crippen LogP) is -0.815. The summed E-state index contributed by atoms with van der Waals surface area (Å²) in [6.45, 7) is 2.01. The van der Waals surface area contributed by atoms with Crippen molar-refractivity contribution in [3.63, 3.8) is 0 Å². The Morgan fingerprint density at radius 1 is 1.50 bits per heavy atom. The molecule has 0 aliphatic heterocycles. The zero-order valence-corrected chi connectivity index (χ0v) is 11.1. The van der Waals surface area contributed by atoms with E-state index in [1.54, 1.807) is 22.9 Å². The second-order valence-electron chi connectivity index (χ2n) is 3.06. The molecule has 0 aliphatic rings. The van der Waals surface area contributed by atoms with Crippen LogP contribution in [0.25, 0.3) is 0 Å². The van der Waals surface area contributed by atoms with Crippen LogP contribution in [0.3, 0.4) is 0 Å². The van der Waals surface area contributed by atoms with E-state index in [2.05, 4.69) is 5.32 Å². The molecule has 1 atom stereocenters. The number of carbonyl (C=O) groups excluding carboxylic acids is 2. The monoisotopic (exact) mass is 345 g/mol. The summed E-state index contributed by atoms with van der Waals surface area (Å²) in [4.78, 5) is 21.8. The average molecular weight is 345 g/mol. The normalized spacial score (nSPS) is 12.0. The Labute approximate surface area is 108 Å². The van der Waals surface area contributed by atoms with Crippen molar-refractivity contribution >= 4 is 34.8 Å². The first kappa shape index (κ1) is 15.6. The van der Waals surface area contributed by atoms with Crippen molar-refractivity contribution < 1.29 is 19.8 Å². The van der Waals surface area contributed by atoms with Gasteiger partial charge in [0.05, 0.1) is 22.9 Å². The van der Waals surface area contributed by atoms with Gasteiger partial charge >= 0.3 is 6.03 Å². The van der Waals surface area contributed by atoms with E-state index in [-0.39, 0.29) is 13.2 Å². The quantitative estimate of drug-likeness (QED) is 0.218. The van der Waals surface area contributed by atoms with Crippen molar-refractivity contribution in [1.82, 2.24) is 13.7 Å². The van der Waals surface area contributed by atoms with Gasteiger partial charge in [-0.2, -0.15) is 0 Å². The van der Waals surface area contributed by atoms with Gasteiger partial charge in [-0.05, 0) is 13.0 Å². The third kappa shape index (κ3) is 6.93. The maximum atomic E-state index is 11.2. The van der Waals surface area contributed by atoms with Crippen molar-refractivity contribution in [1.29, 1.82) is 0 Å². The number of rotatable bonds is 6. The van der Waals surface area contributed by atoms with Crippen LogP contribution < -0.4 is 10.6 Å². The van der Waals surface area contributed by atoms with Gasteiger partial charge in [-0.15, -0.1) is 0 Å². The van der Waals surface area contributed by atoms with E-state index in [1.165, 1.54) is 6.92 Å². The Hall–Kier alpha value is -0.450. The molecule has 94 valence electrons. The topological polar surface area (TPSA) is 102 Å². The van der Waals surface area contributed by atoms with Gasteiger partial charge in [0, 0.05) is 20.1 Å². The average Bonchev–Trinajstić information content (AvgIpc) is 2.22. The Kier molecular flexibility index (Phi) is 8.43. The van der Waals surface area contributed by atoms with Gasteiger partial charge in [-0.25, -0.2) is 7.91 Å². The number of imide groups is 1. The number of nitrogens with one attached hydrogen (secondary N) is 2. The molecule has 16 heavy (non-hydrogen) atoms. The minimum absolute atomic E-state index is 0.0713. The maximum absolute atomic E-state index is 11.2. The first-order valence-corrected chi connectivity index (χ1v) is 5.71. The second-order valence-corrected chi connectivity index (χ2v) is 4.10. The second kappa shape index (κ2) is 8.67. The van der Waals surface area contributed by atoms with Gasteiger partial charge in [0.1, 0.15) is 0 Å². The fourth-order valence-electron chi connectivity index (χ4n) is 0.855. The lowest BCUT2D eigenvalue weighted by Gasteiger charge is -2.21. The van der Waals surface area contributed by atoms with E-state index in [0.717, 1.165) is 3.11 Å². The third-order valence-corrected chi connectivity index (χ3v) is 2.66. The molecule has 4 N–H and O–H groups in total. The van der Waals surface area contributed by atoms with E-state index < -0.39 is 18.2 Å². The summed E-state index contributed by atoms with van der Waals surface area (Å²) in [7, 11) is 0. The molecule has 0 radical (unpaired) electrons. The Morgan fingerprint density at radius 2 is 2.12 bits per heavy atom. The summed E-state index contributed by atoms with van der Waals surface area (Å²) >= 11 is 1.62. The molecule has 0 fully saturated rings. The largest absolute Gasteiger partial charge is 0.396 e. The number of carbonyl (C=O) groups is 2. The number of amides is 3. The predicted molar refractivity (Wildman–Crippen MR) is 65.7 cm³/mol. The number of aliphatic hydroxyl groups is 2. The third-order valence-electron chi connectivity index (χ3n) is 1.58. The summed E-state index contributed by atoms with van der Waals surface area (Å²) in [5.41, 5.74) is 0. The Bertz CT molecular complexity index is 239. The van der Waals surface area contributed by atoms with E-state index in [1.807, 2.05) is 5.32 Å². The van der Waals surface area contributed by atoms with Crippen LogP contribution in [0.15, 0.2) is 0 Å². The summed E-state index contributed by atoms with van der Waals surface area (Å²) in [6, 6.07) is -0.662. The standard InChI is InChI=1S/C8H16IN3O4/c1-6(14)11-8(16)12(9)7(15)5-10-3-2-4-13/h7,10,13,15H,2-5H2,1H3,(H,11,14,16). The number of hydrogen-bond donors (Lipinski definition) is 4. The lowest BCUT2D eigenvalue weighted by molar-refractivity contribution is -0.118. The molecule has 0 aromatic heterocycles. The van der Waals surface area contributed by atoms with Crippen molar-refractivity contribution in [2.75, 3.05) is 19.7 Å². The molecule has 0 rings (SSSR count). The highest BCUT2D eigenvalue weighted by molar-refractivity contribution is 14.1. The smallest absolute Gasteiger partial charge is 0.335 e. The summed E-state index contributed by atoms with van der Waals surface area (Å²) in [5, 5.41) is 22.9. The van der Waals surface area contributed by atoms with Crippen LogP contribution in [0, 0.1) is 0 Å². The molecule has 1 unspecified atom stereocenters. The number of urea groups is 1. The zero-order chi connectivity index (χ0) is 12.6. The number of aliphatic hydroxyl groups excluding tert-OH is 2. The highest BCUT2D eigenvalue weighted by Crippen LogP contribution is 2.04. The highest BCUT2D eigenvalue weighted by Gasteiger charge is 2.19. The van der Waals surface area contributed by atoms with Crippen LogP contribution in [-0.4, -0.2) is 51.2 Å². The van der Waals surface area contributed by atoms with Crippen LogP contribution in [0.5, 0.6) is 0 Å². The molecule has 0 aromatic carbocycles. The number of nitrogens with zero attached hydrogens (tertiary/aromatic N) is 1. The van der Waals surface area contributed by atoms with Crippen molar-refractivity contribution in [2.24, 2.45) is 0 Å². The molecular weight excluding hydrogens is 329 g/mol. The van der Waals surface area contributed by atoms with E-state index in [0.29, 0.717) is 13.0 Å². The molecule has 8 heteroatoms. The Balaban J connectivity index is 3.83. The lowest BCUT2D eigenvalue weighted by Crippen LogP contribution is -2.45. The molecule has 0 heterocycles. The molecule has 0 aromatic rings. The summed E-state index contributed by atoms with van der Waals surface area (Å²) in [5.74, 6) is -0.480. The minimum Gasteiger partial charge on any atom is -0.396 e. The van der Waals surface area contributed by atoms with Crippen LogP contribution in [0.1, 0.15) is 13.3 Å². The minimum atomic E-state index is -1.03. The first-order chi connectivity index (χ1) is 7.49. The zero-order valence-electron chi connectivity index (χ0n) is 8.94. The van der Waals surface area contributed by atoms with E-state index >= 15 is 0 Å². The molecule has 0 saturated heterocycles. The molecular formula is C8H16IN3O4. The van der Waals surface area contributed by atoms with Crippen LogP contribution in [-0.2, 0) is 4.79 Å². The molecule has 0 bridgehead atoms. The molecule has 3 amide bonds. The first-order valence-electron chi connectivity index (χ1n) is 4.75. The van der Waals surface area contributed by atoms with Gasteiger partial charge in [0.15, 0.2) is 6.23 Å². The summed E-state index contributed by atoms with van der Waals surface area (Å²) < 4.78 is 0.991. The van der Waals surface area contributed by atoms with E-state index in [9.17, 15) is 14.7 Å². The highest BCUT2D eigenvalue weighted by atomic mass is 127. The van der Waals surface area contributed by atoms with Gasteiger partial charge in [0.2, 0.25) is 5.91 Å². The van der Waals surface area contributed by atoms with E-state index in [4.69, 9.17) is 5.11 Å². The Morgan fingerprint density at radius 3 is 2.62 bits per heavy atom. The number of hydrogen-bond acceptors (Lipinski definition) is 5. The fraction of sp³-hybridized carbons (Fsp3) is 0.750. The van der Waals surface area contributed by atoms with Gasteiger partial charge in [0.25, 0.3) is 0 Å². The van der Waals surface area contributed by atoms with Crippen LogP contribution in [0.2, 0.25) is 0 Å². The van der Waals surface area contributed by atoms with Crippen LogP contribution in [0.4, 0.5) is 4.79 Å². The van der Waals surface area contributed by atoms with Gasteiger partial charge in [-0.1, -0.05) is 0 Å². The van der Waals surface area contributed by atoms with Gasteiger partial charge in [-0.3, -0.25) is 10.1 Å². The molecule has 0 spiro atoms. The maximum Gasteiger partial charge on any atom is 0.335 e. The molecule has 0 saturated carbocycles.